The van der Waals surface area contributed by atoms with Gasteiger partial charge in [0, 0.05) is 6.04 Å². The van der Waals surface area contributed by atoms with E-state index in [-0.39, 0.29) is 0 Å². The summed E-state index contributed by atoms with van der Waals surface area (Å²) >= 11 is 0. The van der Waals surface area contributed by atoms with E-state index in [2.05, 4.69) is 32.8 Å². The van der Waals surface area contributed by atoms with Crippen molar-refractivity contribution in [3.63, 3.8) is 0 Å². The highest BCUT2D eigenvalue weighted by atomic mass is 15.1. The Labute approximate surface area is 123 Å². The summed E-state index contributed by atoms with van der Waals surface area (Å²) in [5.41, 5.74) is 0. The molecule has 1 heteroatoms. The molecule has 0 aliphatic heterocycles. The molecule has 0 radical (unpaired) electrons. The molecule has 19 heavy (non-hydrogen) atoms. The van der Waals surface area contributed by atoms with Crippen molar-refractivity contribution in [3.8, 4) is 0 Å². The predicted molar refractivity (Wildman–Crippen MR) is 88.8 cm³/mol. The highest BCUT2D eigenvalue weighted by Crippen LogP contribution is 2.16. The van der Waals surface area contributed by atoms with Crippen LogP contribution in [0.1, 0.15) is 97.3 Å². The fourth-order valence-electron chi connectivity index (χ4n) is 2.80. The minimum Gasteiger partial charge on any atom is -0.306 e. The van der Waals surface area contributed by atoms with Crippen molar-refractivity contribution < 1.29 is 0 Å². The molecule has 1 nitrogen and oxygen atoms in total. The van der Waals surface area contributed by atoms with Crippen LogP contribution in [0.3, 0.4) is 0 Å². The van der Waals surface area contributed by atoms with Gasteiger partial charge in [-0.2, -0.15) is 0 Å². The Morgan fingerprint density at radius 3 is 1.42 bits per heavy atom. The molecule has 0 aromatic carbocycles. The lowest BCUT2D eigenvalue weighted by Crippen LogP contribution is -2.27. The first-order valence-corrected chi connectivity index (χ1v) is 8.88. The molecular formula is C18H39N. The lowest BCUT2D eigenvalue weighted by atomic mass is 10.00. The van der Waals surface area contributed by atoms with Crippen LogP contribution in [0.25, 0.3) is 0 Å². The summed E-state index contributed by atoms with van der Waals surface area (Å²) in [6.45, 7) is 4.59. The van der Waals surface area contributed by atoms with E-state index in [9.17, 15) is 0 Å². The van der Waals surface area contributed by atoms with Crippen LogP contribution >= 0.6 is 0 Å². The summed E-state index contributed by atoms with van der Waals surface area (Å²) in [6, 6.07) is 0.826. The molecule has 0 amide bonds. The average molecular weight is 270 g/mol. The summed E-state index contributed by atoms with van der Waals surface area (Å²) < 4.78 is 0. The van der Waals surface area contributed by atoms with Crippen molar-refractivity contribution in [1.29, 1.82) is 0 Å². The molecule has 0 aliphatic carbocycles. The van der Waals surface area contributed by atoms with Crippen LogP contribution in [0, 0.1) is 0 Å². The van der Waals surface area contributed by atoms with Gasteiger partial charge in [0.05, 0.1) is 0 Å². The van der Waals surface area contributed by atoms with E-state index in [1.54, 1.807) is 0 Å². The first-order chi connectivity index (χ1) is 9.22. The number of hydrogen-bond donors (Lipinski definition) is 0. The van der Waals surface area contributed by atoms with Gasteiger partial charge in [0.2, 0.25) is 0 Å². The number of rotatable bonds is 14. The molecule has 0 aromatic rings. The Morgan fingerprint density at radius 1 is 0.579 bits per heavy atom. The second-order valence-corrected chi connectivity index (χ2v) is 6.38. The summed E-state index contributed by atoms with van der Waals surface area (Å²) in [7, 11) is 4.50. The molecule has 1 unspecified atom stereocenters. The van der Waals surface area contributed by atoms with E-state index in [0.717, 1.165) is 6.04 Å². The average Bonchev–Trinajstić information content (AvgIpc) is 2.39. The lowest BCUT2D eigenvalue weighted by molar-refractivity contribution is 0.252. The third-order valence-electron chi connectivity index (χ3n) is 4.26. The Balaban J connectivity index is 3.43. The van der Waals surface area contributed by atoms with Crippen molar-refractivity contribution in [2.45, 2.75) is 103 Å². The van der Waals surface area contributed by atoms with Crippen LogP contribution in [0.4, 0.5) is 0 Å². The van der Waals surface area contributed by atoms with E-state index < -0.39 is 0 Å². The van der Waals surface area contributed by atoms with E-state index in [0.29, 0.717) is 0 Å². The predicted octanol–water partition coefficient (Wildman–Crippen LogP) is 6.03. The SMILES string of the molecule is CCCCCCCCCCC(CCCCC)N(C)C. The van der Waals surface area contributed by atoms with Crippen molar-refractivity contribution in [3.05, 3.63) is 0 Å². The van der Waals surface area contributed by atoms with E-state index in [1.807, 2.05) is 0 Å². The second-order valence-electron chi connectivity index (χ2n) is 6.38. The lowest BCUT2D eigenvalue weighted by Gasteiger charge is -2.24. The number of nitrogens with zero attached hydrogens (tertiary/aromatic N) is 1. The second kappa shape index (κ2) is 14.4. The van der Waals surface area contributed by atoms with Crippen LogP contribution in [-0.4, -0.2) is 25.0 Å². The summed E-state index contributed by atoms with van der Waals surface area (Å²) in [5.74, 6) is 0. The maximum absolute atomic E-state index is 2.44. The smallest absolute Gasteiger partial charge is 0.00891 e. The van der Waals surface area contributed by atoms with Crippen LogP contribution < -0.4 is 0 Å². The van der Waals surface area contributed by atoms with Crippen LogP contribution in [-0.2, 0) is 0 Å². The third-order valence-corrected chi connectivity index (χ3v) is 4.26. The van der Waals surface area contributed by atoms with Gasteiger partial charge < -0.3 is 4.90 Å². The Kier molecular flexibility index (Phi) is 14.3. The minimum absolute atomic E-state index is 0.826. The van der Waals surface area contributed by atoms with Crippen molar-refractivity contribution >= 4 is 0 Å². The van der Waals surface area contributed by atoms with E-state index in [4.69, 9.17) is 0 Å². The van der Waals surface area contributed by atoms with Gasteiger partial charge in [-0.1, -0.05) is 84.5 Å². The van der Waals surface area contributed by atoms with Crippen molar-refractivity contribution in [1.82, 2.24) is 4.90 Å². The standard InChI is InChI=1S/C18H39N/c1-5-7-9-10-11-12-13-15-17-18(19(3)4)16-14-8-6-2/h18H,5-17H2,1-4H3. The fourth-order valence-corrected chi connectivity index (χ4v) is 2.80. The van der Waals surface area contributed by atoms with E-state index >= 15 is 0 Å². The maximum Gasteiger partial charge on any atom is 0.00891 e. The molecule has 0 spiro atoms. The summed E-state index contributed by atoms with van der Waals surface area (Å²) in [6.07, 6.45) is 18.5. The monoisotopic (exact) mass is 269 g/mol. The molecule has 1 atom stereocenters. The fraction of sp³-hybridized carbons (Fsp3) is 1.00. The molecule has 116 valence electrons. The largest absolute Gasteiger partial charge is 0.306 e. The maximum atomic E-state index is 2.44. The molecule has 0 heterocycles. The van der Waals surface area contributed by atoms with Gasteiger partial charge in [-0.25, -0.2) is 0 Å². The number of unbranched alkanes of at least 4 members (excludes halogenated alkanes) is 9. The highest BCUT2D eigenvalue weighted by molar-refractivity contribution is 4.66. The molecule has 0 fully saturated rings. The molecule has 0 bridgehead atoms. The van der Waals surface area contributed by atoms with Crippen molar-refractivity contribution in [2.24, 2.45) is 0 Å². The molecule has 0 aromatic heterocycles. The zero-order chi connectivity index (χ0) is 14.3. The summed E-state index contributed by atoms with van der Waals surface area (Å²) in [5, 5.41) is 0. The molecule has 0 rings (SSSR count). The normalized spacial score (nSPS) is 13.1. The minimum atomic E-state index is 0.826. The topological polar surface area (TPSA) is 3.24 Å². The van der Waals surface area contributed by atoms with Crippen LogP contribution in [0.15, 0.2) is 0 Å². The zero-order valence-electron chi connectivity index (χ0n) is 14.2. The van der Waals surface area contributed by atoms with Gasteiger partial charge >= 0.3 is 0 Å². The van der Waals surface area contributed by atoms with Crippen molar-refractivity contribution in [2.75, 3.05) is 14.1 Å². The Hall–Kier alpha value is -0.0400. The van der Waals surface area contributed by atoms with Gasteiger partial charge in [0.15, 0.2) is 0 Å². The van der Waals surface area contributed by atoms with Crippen LogP contribution in [0.2, 0.25) is 0 Å². The van der Waals surface area contributed by atoms with E-state index in [1.165, 1.54) is 83.5 Å². The first-order valence-electron chi connectivity index (χ1n) is 8.88. The van der Waals surface area contributed by atoms with Gasteiger partial charge in [0.25, 0.3) is 0 Å². The molecule has 0 aliphatic rings. The Morgan fingerprint density at radius 2 is 0.947 bits per heavy atom. The van der Waals surface area contributed by atoms with Gasteiger partial charge in [0.1, 0.15) is 0 Å². The molecule has 0 saturated carbocycles. The Bertz CT molecular complexity index is 165. The number of hydrogen-bond acceptors (Lipinski definition) is 1. The third kappa shape index (κ3) is 12.7. The molecular weight excluding hydrogens is 230 g/mol. The van der Waals surface area contributed by atoms with Gasteiger partial charge in [-0.15, -0.1) is 0 Å². The molecule has 0 N–H and O–H groups in total. The van der Waals surface area contributed by atoms with Gasteiger partial charge in [-0.05, 0) is 26.9 Å². The quantitative estimate of drug-likeness (QED) is 0.348. The van der Waals surface area contributed by atoms with Gasteiger partial charge in [-0.3, -0.25) is 0 Å². The first kappa shape index (κ1) is 19.0. The van der Waals surface area contributed by atoms with Crippen LogP contribution in [0.5, 0.6) is 0 Å². The zero-order valence-corrected chi connectivity index (χ0v) is 14.2. The highest BCUT2D eigenvalue weighted by Gasteiger charge is 2.10. The summed E-state index contributed by atoms with van der Waals surface area (Å²) in [4.78, 5) is 2.44. The molecule has 0 saturated heterocycles.